The standard InChI is InChI=1S/C18H22N2O2/c1-12(2)11-22-17-7-5-4-6-15(17)18(21)20-16-10-14(19)9-8-13(16)3/h4-10,12H,11,19H2,1-3H3,(H,20,21). The Morgan fingerprint density at radius 1 is 1.23 bits per heavy atom. The number of anilines is 2. The fourth-order valence-electron chi connectivity index (χ4n) is 2.00. The summed E-state index contributed by atoms with van der Waals surface area (Å²) in [7, 11) is 0. The largest absolute Gasteiger partial charge is 0.492 e. The van der Waals surface area contributed by atoms with Crippen LogP contribution in [0.2, 0.25) is 0 Å². The number of nitrogen functional groups attached to an aromatic ring is 1. The molecule has 0 spiro atoms. The number of hydrogen-bond acceptors (Lipinski definition) is 3. The maximum absolute atomic E-state index is 12.5. The van der Waals surface area contributed by atoms with E-state index in [1.807, 2.05) is 37.3 Å². The van der Waals surface area contributed by atoms with Crippen molar-refractivity contribution in [2.75, 3.05) is 17.7 Å². The summed E-state index contributed by atoms with van der Waals surface area (Å²) in [6.45, 7) is 6.63. The summed E-state index contributed by atoms with van der Waals surface area (Å²) in [5.74, 6) is 0.788. The van der Waals surface area contributed by atoms with Gasteiger partial charge in [0.25, 0.3) is 5.91 Å². The van der Waals surface area contributed by atoms with Crippen molar-refractivity contribution < 1.29 is 9.53 Å². The first-order chi connectivity index (χ1) is 10.5. The van der Waals surface area contributed by atoms with Crippen molar-refractivity contribution in [2.24, 2.45) is 5.92 Å². The van der Waals surface area contributed by atoms with Gasteiger partial charge in [-0.2, -0.15) is 0 Å². The SMILES string of the molecule is Cc1ccc(N)cc1NC(=O)c1ccccc1OCC(C)C. The average Bonchev–Trinajstić information content (AvgIpc) is 2.49. The van der Waals surface area contributed by atoms with Crippen molar-refractivity contribution in [1.29, 1.82) is 0 Å². The van der Waals surface area contributed by atoms with E-state index in [0.29, 0.717) is 35.2 Å². The predicted molar refractivity (Wildman–Crippen MR) is 90.3 cm³/mol. The number of para-hydroxylation sites is 1. The Bertz CT molecular complexity index is 666. The lowest BCUT2D eigenvalue weighted by Gasteiger charge is -2.14. The van der Waals surface area contributed by atoms with E-state index in [9.17, 15) is 4.79 Å². The third kappa shape index (κ3) is 4.01. The summed E-state index contributed by atoms with van der Waals surface area (Å²) in [5, 5.41) is 2.90. The van der Waals surface area contributed by atoms with Crippen molar-refractivity contribution in [3.63, 3.8) is 0 Å². The van der Waals surface area contributed by atoms with Crippen molar-refractivity contribution in [3.8, 4) is 5.75 Å². The predicted octanol–water partition coefficient (Wildman–Crippen LogP) is 3.86. The second-order valence-corrected chi connectivity index (χ2v) is 5.73. The van der Waals surface area contributed by atoms with Crippen LogP contribution in [0.5, 0.6) is 5.75 Å². The van der Waals surface area contributed by atoms with Crippen molar-refractivity contribution in [2.45, 2.75) is 20.8 Å². The summed E-state index contributed by atoms with van der Waals surface area (Å²) in [4.78, 5) is 12.5. The lowest BCUT2D eigenvalue weighted by atomic mass is 10.1. The number of hydrogen-bond donors (Lipinski definition) is 2. The molecule has 0 bridgehead atoms. The maximum atomic E-state index is 12.5. The van der Waals surface area contributed by atoms with Gasteiger partial charge in [-0.15, -0.1) is 0 Å². The number of nitrogens with two attached hydrogens (primary N) is 1. The normalized spacial score (nSPS) is 10.5. The maximum Gasteiger partial charge on any atom is 0.259 e. The molecule has 0 atom stereocenters. The number of ether oxygens (including phenoxy) is 1. The minimum absolute atomic E-state index is 0.201. The van der Waals surface area contributed by atoms with Crippen LogP contribution in [0.4, 0.5) is 11.4 Å². The van der Waals surface area contributed by atoms with Gasteiger partial charge in [0, 0.05) is 11.4 Å². The van der Waals surface area contributed by atoms with Gasteiger partial charge in [-0.05, 0) is 42.7 Å². The first-order valence-corrected chi connectivity index (χ1v) is 7.36. The van der Waals surface area contributed by atoms with Crippen LogP contribution in [0.3, 0.4) is 0 Å². The summed E-state index contributed by atoms with van der Waals surface area (Å²) in [6, 6.07) is 12.7. The van der Waals surface area contributed by atoms with Crippen molar-refractivity contribution >= 4 is 17.3 Å². The monoisotopic (exact) mass is 298 g/mol. The van der Waals surface area contributed by atoms with E-state index in [2.05, 4.69) is 19.2 Å². The van der Waals surface area contributed by atoms with E-state index in [0.717, 1.165) is 5.56 Å². The van der Waals surface area contributed by atoms with Crippen LogP contribution in [0.15, 0.2) is 42.5 Å². The molecule has 3 N–H and O–H groups in total. The van der Waals surface area contributed by atoms with Crippen molar-refractivity contribution in [1.82, 2.24) is 0 Å². The molecule has 0 radical (unpaired) electrons. The Labute approximate surface area is 131 Å². The molecule has 116 valence electrons. The van der Waals surface area contributed by atoms with E-state index in [1.54, 1.807) is 12.1 Å². The molecule has 2 aromatic carbocycles. The van der Waals surface area contributed by atoms with Crippen LogP contribution in [0.25, 0.3) is 0 Å². The Morgan fingerprint density at radius 2 is 1.95 bits per heavy atom. The van der Waals surface area contributed by atoms with Crippen LogP contribution >= 0.6 is 0 Å². The van der Waals surface area contributed by atoms with Gasteiger partial charge in [-0.1, -0.05) is 32.0 Å². The molecular formula is C18H22N2O2. The molecule has 0 fully saturated rings. The topological polar surface area (TPSA) is 64.3 Å². The molecule has 0 aliphatic rings. The van der Waals surface area contributed by atoms with Gasteiger partial charge in [0.1, 0.15) is 5.75 Å². The quantitative estimate of drug-likeness (QED) is 0.824. The lowest BCUT2D eigenvalue weighted by Crippen LogP contribution is -2.15. The van der Waals surface area contributed by atoms with Crippen LogP contribution in [-0.4, -0.2) is 12.5 Å². The molecule has 2 rings (SSSR count). The number of aryl methyl sites for hydroxylation is 1. The molecular weight excluding hydrogens is 276 g/mol. The molecule has 4 nitrogen and oxygen atoms in total. The summed E-state index contributed by atoms with van der Waals surface area (Å²) < 4.78 is 5.73. The summed E-state index contributed by atoms with van der Waals surface area (Å²) >= 11 is 0. The minimum Gasteiger partial charge on any atom is -0.492 e. The molecule has 0 saturated carbocycles. The highest BCUT2D eigenvalue weighted by Gasteiger charge is 2.13. The molecule has 2 aromatic rings. The van der Waals surface area contributed by atoms with Crippen LogP contribution in [-0.2, 0) is 0 Å². The first kappa shape index (κ1) is 15.9. The minimum atomic E-state index is -0.201. The molecule has 0 unspecified atom stereocenters. The lowest BCUT2D eigenvalue weighted by molar-refractivity contribution is 0.102. The molecule has 0 aliphatic heterocycles. The highest BCUT2D eigenvalue weighted by Crippen LogP contribution is 2.23. The third-order valence-corrected chi connectivity index (χ3v) is 3.21. The molecule has 1 amide bonds. The van der Waals surface area contributed by atoms with Gasteiger partial charge in [-0.3, -0.25) is 4.79 Å². The smallest absolute Gasteiger partial charge is 0.259 e. The van der Waals surface area contributed by atoms with Crippen molar-refractivity contribution in [3.05, 3.63) is 53.6 Å². The molecule has 22 heavy (non-hydrogen) atoms. The number of amides is 1. The fourth-order valence-corrected chi connectivity index (χ4v) is 2.00. The Morgan fingerprint density at radius 3 is 2.68 bits per heavy atom. The number of benzene rings is 2. The second-order valence-electron chi connectivity index (χ2n) is 5.73. The first-order valence-electron chi connectivity index (χ1n) is 7.36. The Kier molecular flexibility index (Phi) is 5.04. The van der Waals surface area contributed by atoms with Crippen LogP contribution < -0.4 is 15.8 Å². The number of nitrogens with one attached hydrogen (secondary N) is 1. The number of carbonyl (C=O) groups excluding carboxylic acids is 1. The number of carbonyl (C=O) groups is 1. The molecule has 0 saturated heterocycles. The van der Waals surface area contributed by atoms with E-state index < -0.39 is 0 Å². The summed E-state index contributed by atoms with van der Waals surface area (Å²) in [5.41, 5.74) is 8.58. The van der Waals surface area contributed by atoms with Crippen LogP contribution in [0.1, 0.15) is 29.8 Å². The van der Waals surface area contributed by atoms with Crippen LogP contribution in [0, 0.1) is 12.8 Å². The van der Waals surface area contributed by atoms with E-state index in [4.69, 9.17) is 10.5 Å². The Hall–Kier alpha value is -2.49. The Balaban J connectivity index is 2.20. The van der Waals surface area contributed by atoms with Gasteiger partial charge in [0.15, 0.2) is 0 Å². The van der Waals surface area contributed by atoms with Gasteiger partial charge in [-0.25, -0.2) is 0 Å². The highest BCUT2D eigenvalue weighted by molar-refractivity contribution is 6.06. The third-order valence-electron chi connectivity index (χ3n) is 3.21. The van der Waals surface area contributed by atoms with E-state index in [1.165, 1.54) is 0 Å². The van der Waals surface area contributed by atoms with Gasteiger partial charge < -0.3 is 15.8 Å². The molecule has 0 heterocycles. The zero-order chi connectivity index (χ0) is 16.1. The summed E-state index contributed by atoms with van der Waals surface area (Å²) in [6.07, 6.45) is 0. The highest BCUT2D eigenvalue weighted by atomic mass is 16.5. The fraction of sp³-hybridized carbons (Fsp3) is 0.278. The second kappa shape index (κ2) is 6.98. The molecule has 4 heteroatoms. The van der Waals surface area contributed by atoms with Gasteiger partial charge in [0.2, 0.25) is 0 Å². The average molecular weight is 298 g/mol. The molecule has 0 aromatic heterocycles. The zero-order valence-corrected chi connectivity index (χ0v) is 13.2. The van der Waals surface area contributed by atoms with E-state index >= 15 is 0 Å². The van der Waals surface area contributed by atoms with Gasteiger partial charge in [0.05, 0.1) is 12.2 Å². The van der Waals surface area contributed by atoms with E-state index in [-0.39, 0.29) is 5.91 Å². The number of rotatable bonds is 5. The van der Waals surface area contributed by atoms with Gasteiger partial charge >= 0.3 is 0 Å². The zero-order valence-electron chi connectivity index (χ0n) is 13.2. The molecule has 0 aliphatic carbocycles.